The van der Waals surface area contributed by atoms with Gasteiger partial charge >= 0.3 is 5.97 Å². The molecule has 0 fully saturated rings. The molecule has 134 valence electrons. The Morgan fingerprint density at radius 2 is 2.08 bits per heavy atom. The molecule has 0 spiro atoms. The third-order valence-electron chi connectivity index (χ3n) is 3.79. The molecule has 0 unspecified atom stereocenters. The van der Waals surface area contributed by atoms with Crippen molar-refractivity contribution in [1.82, 2.24) is 0 Å². The van der Waals surface area contributed by atoms with E-state index in [1.54, 1.807) is 26.2 Å². The van der Waals surface area contributed by atoms with Crippen LogP contribution in [-0.4, -0.2) is 24.8 Å². The summed E-state index contributed by atoms with van der Waals surface area (Å²) in [6.45, 7) is 4.84. The largest absolute Gasteiger partial charge is 0.493 e. The molecule has 25 heavy (non-hydrogen) atoms. The minimum Gasteiger partial charge on any atom is -0.493 e. The van der Waals surface area contributed by atoms with Gasteiger partial charge in [0.15, 0.2) is 11.5 Å². The third kappa shape index (κ3) is 4.57. The minimum absolute atomic E-state index is 0.281. The molecule has 0 aliphatic carbocycles. The number of carbonyl (C=O) groups is 1. The first-order valence-electron chi connectivity index (χ1n) is 8.03. The lowest BCUT2D eigenvalue weighted by Gasteiger charge is -2.15. The van der Waals surface area contributed by atoms with Crippen LogP contribution in [0.15, 0.2) is 30.3 Å². The fraction of sp³-hybridized carbons (Fsp3) is 0.316. The molecular formula is C19H22ClNO4. The van der Waals surface area contributed by atoms with Crippen molar-refractivity contribution in [3.63, 3.8) is 0 Å². The normalized spacial score (nSPS) is 10.4. The summed E-state index contributed by atoms with van der Waals surface area (Å²) in [4.78, 5) is 11.2. The van der Waals surface area contributed by atoms with Gasteiger partial charge in [0.05, 0.1) is 24.3 Å². The van der Waals surface area contributed by atoms with Gasteiger partial charge in [-0.2, -0.15) is 0 Å². The summed E-state index contributed by atoms with van der Waals surface area (Å²) in [6, 6.07) is 8.83. The maximum Gasteiger partial charge on any atom is 0.336 e. The van der Waals surface area contributed by atoms with Crippen LogP contribution >= 0.6 is 11.6 Å². The summed E-state index contributed by atoms with van der Waals surface area (Å²) >= 11 is 6.32. The van der Waals surface area contributed by atoms with E-state index in [1.807, 2.05) is 25.1 Å². The van der Waals surface area contributed by atoms with Crippen molar-refractivity contribution < 1.29 is 19.4 Å². The van der Waals surface area contributed by atoms with Crippen molar-refractivity contribution in [2.75, 3.05) is 19.0 Å². The minimum atomic E-state index is -0.941. The second kappa shape index (κ2) is 8.62. The van der Waals surface area contributed by atoms with E-state index in [9.17, 15) is 9.90 Å². The van der Waals surface area contributed by atoms with Gasteiger partial charge in [-0.25, -0.2) is 4.79 Å². The monoisotopic (exact) mass is 363 g/mol. The first-order chi connectivity index (χ1) is 12.0. The molecule has 0 saturated carbocycles. The average molecular weight is 364 g/mol. The molecule has 6 heteroatoms. The summed E-state index contributed by atoms with van der Waals surface area (Å²) in [7, 11) is 1.57. The van der Waals surface area contributed by atoms with Gasteiger partial charge in [0.1, 0.15) is 0 Å². The van der Waals surface area contributed by atoms with E-state index >= 15 is 0 Å². The van der Waals surface area contributed by atoms with Crippen LogP contribution in [0.3, 0.4) is 0 Å². The Hall–Kier alpha value is -2.40. The Kier molecular flexibility index (Phi) is 6.53. The second-order valence-corrected chi connectivity index (χ2v) is 6.00. The molecule has 0 amide bonds. The molecule has 0 aliphatic rings. The average Bonchev–Trinajstić information content (AvgIpc) is 2.59. The molecule has 0 atom stereocenters. The highest BCUT2D eigenvalue weighted by Gasteiger charge is 2.13. The predicted molar refractivity (Wildman–Crippen MR) is 99.3 cm³/mol. The zero-order chi connectivity index (χ0) is 18.4. The number of rotatable bonds is 8. The highest BCUT2D eigenvalue weighted by Crippen LogP contribution is 2.36. The molecule has 2 aromatic carbocycles. The van der Waals surface area contributed by atoms with E-state index in [0.29, 0.717) is 35.2 Å². The van der Waals surface area contributed by atoms with Crippen molar-refractivity contribution in [2.24, 2.45) is 0 Å². The number of nitrogens with one attached hydrogen (secondary N) is 1. The number of anilines is 1. The van der Waals surface area contributed by atoms with Crippen LogP contribution in [0.25, 0.3) is 0 Å². The third-order valence-corrected chi connectivity index (χ3v) is 4.07. The lowest BCUT2D eigenvalue weighted by molar-refractivity contribution is 0.0696. The Balaban J connectivity index is 2.20. The number of hydrogen-bond acceptors (Lipinski definition) is 4. The second-order valence-electron chi connectivity index (χ2n) is 5.59. The number of hydrogen-bond donors (Lipinski definition) is 2. The summed E-state index contributed by atoms with van der Waals surface area (Å²) in [5, 5.41) is 12.9. The van der Waals surface area contributed by atoms with Gasteiger partial charge in [0.2, 0.25) is 0 Å². The van der Waals surface area contributed by atoms with Gasteiger partial charge < -0.3 is 19.9 Å². The van der Waals surface area contributed by atoms with Crippen LogP contribution in [0.1, 0.15) is 34.8 Å². The maximum atomic E-state index is 11.2. The molecule has 0 heterocycles. The predicted octanol–water partition coefficient (Wildman–Crippen LogP) is 4.76. The Bertz CT molecular complexity index is 761. The number of aromatic carboxylic acids is 1. The van der Waals surface area contributed by atoms with Crippen LogP contribution in [0.2, 0.25) is 5.02 Å². The van der Waals surface area contributed by atoms with Crippen LogP contribution in [-0.2, 0) is 6.54 Å². The van der Waals surface area contributed by atoms with E-state index in [1.165, 1.54) is 0 Å². The maximum absolute atomic E-state index is 11.2. The van der Waals surface area contributed by atoms with Gasteiger partial charge in [0, 0.05) is 12.2 Å². The van der Waals surface area contributed by atoms with E-state index in [4.69, 9.17) is 21.1 Å². The lowest BCUT2D eigenvalue weighted by Crippen LogP contribution is -2.06. The number of methoxy groups -OCH3 is 1. The molecule has 0 aliphatic heterocycles. The van der Waals surface area contributed by atoms with Crippen LogP contribution < -0.4 is 14.8 Å². The number of ether oxygens (including phenoxy) is 2. The SMILES string of the molecule is CCCOc1c(Cl)cc(CNc2cccc(C(=O)O)c2C)cc1OC. The molecular weight excluding hydrogens is 342 g/mol. The number of carboxylic acid groups (broad SMARTS) is 1. The molecule has 0 radical (unpaired) electrons. The van der Waals surface area contributed by atoms with Crippen molar-refractivity contribution in [1.29, 1.82) is 0 Å². The summed E-state index contributed by atoms with van der Waals surface area (Å²) in [6.07, 6.45) is 0.877. The van der Waals surface area contributed by atoms with E-state index in [-0.39, 0.29) is 5.56 Å². The molecule has 2 aromatic rings. The summed E-state index contributed by atoms with van der Waals surface area (Å²) in [5.41, 5.74) is 2.65. The molecule has 2 N–H and O–H groups in total. The molecule has 2 rings (SSSR count). The van der Waals surface area contributed by atoms with Gasteiger partial charge in [-0.15, -0.1) is 0 Å². The summed E-state index contributed by atoms with van der Waals surface area (Å²) in [5.74, 6) is 0.177. The molecule has 0 bridgehead atoms. The van der Waals surface area contributed by atoms with Crippen LogP contribution in [0.5, 0.6) is 11.5 Å². The van der Waals surface area contributed by atoms with E-state index in [0.717, 1.165) is 17.7 Å². The summed E-state index contributed by atoms with van der Waals surface area (Å²) < 4.78 is 11.0. The van der Waals surface area contributed by atoms with Gasteiger partial charge in [-0.1, -0.05) is 24.6 Å². The van der Waals surface area contributed by atoms with Crippen molar-refractivity contribution in [2.45, 2.75) is 26.8 Å². The Morgan fingerprint density at radius 1 is 1.32 bits per heavy atom. The van der Waals surface area contributed by atoms with E-state index in [2.05, 4.69) is 5.32 Å². The quantitative estimate of drug-likeness (QED) is 0.708. The van der Waals surface area contributed by atoms with Gasteiger partial charge in [-0.05, 0) is 48.7 Å². The highest BCUT2D eigenvalue weighted by atomic mass is 35.5. The zero-order valence-corrected chi connectivity index (χ0v) is 15.3. The Labute approximate surface area is 152 Å². The first-order valence-corrected chi connectivity index (χ1v) is 8.41. The van der Waals surface area contributed by atoms with Crippen molar-refractivity contribution in [3.05, 3.63) is 52.0 Å². The first kappa shape index (κ1) is 18.9. The van der Waals surface area contributed by atoms with Gasteiger partial charge in [0.25, 0.3) is 0 Å². The lowest BCUT2D eigenvalue weighted by atomic mass is 10.1. The van der Waals surface area contributed by atoms with Gasteiger partial charge in [-0.3, -0.25) is 0 Å². The van der Waals surface area contributed by atoms with Crippen molar-refractivity contribution in [3.8, 4) is 11.5 Å². The zero-order valence-electron chi connectivity index (χ0n) is 14.6. The van der Waals surface area contributed by atoms with Crippen molar-refractivity contribution >= 4 is 23.3 Å². The number of carboxylic acids is 1. The standard InChI is InChI=1S/C19H22ClNO4/c1-4-8-25-18-15(20)9-13(10-17(18)24-3)11-21-16-7-5-6-14(12(16)2)19(22)23/h5-7,9-10,21H,4,8,11H2,1-3H3,(H,22,23). The smallest absolute Gasteiger partial charge is 0.336 e. The fourth-order valence-corrected chi connectivity index (χ4v) is 2.76. The topological polar surface area (TPSA) is 67.8 Å². The number of halogens is 1. The van der Waals surface area contributed by atoms with Crippen LogP contribution in [0.4, 0.5) is 5.69 Å². The molecule has 0 saturated heterocycles. The van der Waals surface area contributed by atoms with E-state index < -0.39 is 5.97 Å². The molecule has 5 nitrogen and oxygen atoms in total. The number of benzene rings is 2. The molecule has 0 aromatic heterocycles. The Morgan fingerprint density at radius 3 is 2.72 bits per heavy atom. The van der Waals surface area contributed by atoms with Crippen LogP contribution in [0, 0.1) is 6.92 Å². The highest BCUT2D eigenvalue weighted by molar-refractivity contribution is 6.32. The fourth-order valence-electron chi connectivity index (χ4n) is 2.48.